The van der Waals surface area contributed by atoms with Gasteiger partial charge in [-0.1, -0.05) is 0 Å². The Morgan fingerprint density at radius 3 is 2.71 bits per heavy atom. The lowest BCUT2D eigenvalue weighted by atomic mass is 10.1. The van der Waals surface area contributed by atoms with E-state index in [1.807, 2.05) is 39.2 Å². The van der Waals surface area contributed by atoms with E-state index in [0.29, 0.717) is 6.61 Å². The molecule has 0 saturated carbocycles. The van der Waals surface area contributed by atoms with Gasteiger partial charge in [0.2, 0.25) is 0 Å². The van der Waals surface area contributed by atoms with E-state index in [4.69, 9.17) is 10.5 Å². The summed E-state index contributed by atoms with van der Waals surface area (Å²) in [6.07, 6.45) is 3.75. The Bertz CT molecular complexity index is 531. The maximum Gasteiger partial charge on any atom is 0.123 e. The van der Waals surface area contributed by atoms with Crippen LogP contribution in [0.3, 0.4) is 0 Å². The van der Waals surface area contributed by atoms with Crippen LogP contribution in [0, 0.1) is 13.8 Å². The van der Waals surface area contributed by atoms with Crippen LogP contribution < -0.4 is 10.5 Å². The molecule has 0 fully saturated rings. The first-order valence-corrected chi connectivity index (χ1v) is 5.53. The summed E-state index contributed by atoms with van der Waals surface area (Å²) in [5.41, 5.74) is 9.78. The Morgan fingerprint density at radius 1 is 1.29 bits per heavy atom. The van der Waals surface area contributed by atoms with E-state index in [9.17, 15) is 0 Å². The van der Waals surface area contributed by atoms with E-state index in [1.54, 1.807) is 10.9 Å². The average Bonchev–Trinajstić information content (AvgIpc) is 2.68. The molecule has 0 saturated heterocycles. The summed E-state index contributed by atoms with van der Waals surface area (Å²) < 4.78 is 7.53. The number of hydrogen-bond donors (Lipinski definition) is 1. The molecule has 2 rings (SSSR count). The Labute approximate surface area is 101 Å². The molecule has 0 atom stereocenters. The van der Waals surface area contributed by atoms with Gasteiger partial charge >= 0.3 is 0 Å². The van der Waals surface area contributed by atoms with Crippen LogP contribution in [-0.2, 0) is 13.7 Å². The normalized spacial score (nSPS) is 10.5. The van der Waals surface area contributed by atoms with E-state index in [-0.39, 0.29) is 0 Å². The number of aromatic nitrogens is 2. The van der Waals surface area contributed by atoms with Crippen molar-refractivity contribution in [1.29, 1.82) is 0 Å². The second-order valence-electron chi connectivity index (χ2n) is 4.29. The highest BCUT2D eigenvalue weighted by Gasteiger charge is 2.04. The first-order chi connectivity index (χ1) is 8.06. The van der Waals surface area contributed by atoms with Gasteiger partial charge in [0.1, 0.15) is 12.4 Å². The molecule has 0 aliphatic rings. The monoisotopic (exact) mass is 231 g/mol. The maximum atomic E-state index is 5.83. The molecule has 0 aliphatic heterocycles. The van der Waals surface area contributed by atoms with Crippen molar-refractivity contribution in [2.45, 2.75) is 20.5 Å². The fourth-order valence-corrected chi connectivity index (χ4v) is 1.68. The second kappa shape index (κ2) is 4.49. The summed E-state index contributed by atoms with van der Waals surface area (Å²) in [6.45, 7) is 4.50. The number of hydrogen-bond acceptors (Lipinski definition) is 3. The summed E-state index contributed by atoms with van der Waals surface area (Å²) in [6, 6.07) is 3.91. The molecule has 4 heteroatoms. The summed E-state index contributed by atoms with van der Waals surface area (Å²) in [7, 11) is 1.89. The Kier molecular flexibility index (Phi) is 3.04. The summed E-state index contributed by atoms with van der Waals surface area (Å²) in [4.78, 5) is 0. The highest BCUT2D eigenvalue weighted by atomic mass is 16.5. The predicted octanol–water partition coefficient (Wildman–Crippen LogP) is 2.20. The largest absolute Gasteiger partial charge is 0.489 e. The molecule has 17 heavy (non-hydrogen) atoms. The molecule has 0 bridgehead atoms. The Balaban J connectivity index is 2.11. The molecule has 2 aromatic rings. The lowest BCUT2D eigenvalue weighted by Crippen LogP contribution is -1.98. The van der Waals surface area contributed by atoms with Gasteiger partial charge in [0.15, 0.2) is 0 Å². The third-order valence-corrected chi connectivity index (χ3v) is 2.72. The zero-order chi connectivity index (χ0) is 12.4. The van der Waals surface area contributed by atoms with Crippen molar-refractivity contribution in [3.8, 4) is 5.75 Å². The van der Waals surface area contributed by atoms with E-state index in [1.165, 1.54) is 0 Å². The fraction of sp³-hybridized carbons (Fsp3) is 0.308. The average molecular weight is 231 g/mol. The predicted molar refractivity (Wildman–Crippen MR) is 67.9 cm³/mol. The van der Waals surface area contributed by atoms with Crippen LogP contribution in [0.2, 0.25) is 0 Å². The third-order valence-electron chi connectivity index (χ3n) is 2.72. The lowest BCUT2D eigenvalue weighted by molar-refractivity contribution is 0.304. The van der Waals surface area contributed by atoms with Crippen molar-refractivity contribution in [3.05, 3.63) is 41.2 Å². The summed E-state index contributed by atoms with van der Waals surface area (Å²) in [5.74, 6) is 0.876. The Hall–Kier alpha value is -1.97. The van der Waals surface area contributed by atoms with Crippen molar-refractivity contribution in [2.24, 2.45) is 7.05 Å². The first kappa shape index (κ1) is 11.5. The minimum Gasteiger partial charge on any atom is -0.489 e. The summed E-state index contributed by atoms with van der Waals surface area (Å²) >= 11 is 0. The van der Waals surface area contributed by atoms with Gasteiger partial charge in [-0.15, -0.1) is 0 Å². The molecule has 90 valence electrons. The van der Waals surface area contributed by atoms with Crippen LogP contribution in [0.1, 0.15) is 16.7 Å². The summed E-state index contributed by atoms with van der Waals surface area (Å²) in [5, 5.41) is 4.10. The van der Waals surface area contributed by atoms with E-state index >= 15 is 0 Å². The van der Waals surface area contributed by atoms with Crippen molar-refractivity contribution in [2.75, 3.05) is 5.73 Å². The van der Waals surface area contributed by atoms with Crippen LogP contribution >= 0.6 is 0 Å². The van der Waals surface area contributed by atoms with Crippen molar-refractivity contribution in [3.63, 3.8) is 0 Å². The number of nitrogens with two attached hydrogens (primary N) is 1. The SMILES string of the molecule is Cc1cc(OCc2cnn(C)c2)c(C)cc1N. The molecular weight excluding hydrogens is 214 g/mol. The lowest BCUT2D eigenvalue weighted by Gasteiger charge is -2.10. The standard InChI is InChI=1S/C13H17N3O/c1-9-5-13(10(2)4-12(9)14)17-8-11-6-15-16(3)7-11/h4-7H,8,14H2,1-3H3. The minimum absolute atomic E-state index is 0.526. The van der Waals surface area contributed by atoms with Gasteiger partial charge in [-0.2, -0.15) is 5.10 Å². The number of nitrogens with zero attached hydrogens (tertiary/aromatic N) is 2. The van der Waals surface area contributed by atoms with E-state index < -0.39 is 0 Å². The molecule has 1 aromatic carbocycles. The van der Waals surface area contributed by atoms with Crippen LogP contribution in [0.5, 0.6) is 5.75 Å². The number of ether oxygens (including phenoxy) is 1. The van der Waals surface area contributed by atoms with Crippen molar-refractivity contribution in [1.82, 2.24) is 9.78 Å². The molecule has 0 unspecified atom stereocenters. The molecule has 1 aromatic heterocycles. The molecule has 1 heterocycles. The van der Waals surface area contributed by atoms with Gasteiger partial charge in [-0.25, -0.2) is 0 Å². The Morgan fingerprint density at radius 2 is 2.06 bits per heavy atom. The van der Waals surface area contributed by atoms with Gasteiger partial charge < -0.3 is 10.5 Å². The smallest absolute Gasteiger partial charge is 0.123 e. The van der Waals surface area contributed by atoms with Crippen molar-refractivity contribution >= 4 is 5.69 Å². The topological polar surface area (TPSA) is 53.1 Å². The molecule has 2 N–H and O–H groups in total. The molecule has 0 aliphatic carbocycles. The number of anilines is 1. The molecule has 0 amide bonds. The quantitative estimate of drug-likeness (QED) is 0.824. The molecular formula is C13H17N3O. The second-order valence-corrected chi connectivity index (χ2v) is 4.29. The van der Waals surface area contributed by atoms with E-state index in [2.05, 4.69) is 5.10 Å². The molecule has 0 radical (unpaired) electrons. The number of nitrogen functional groups attached to an aromatic ring is 1. The van der Waals surface area contributed by atoms with Crippen LogP contribution in [0.25, 0.3) is 0 Å². The highest BCUT2D eigenvalue weighted by molar-refractivity contribution is 5.53. The molecule has 0 spiro atoms. The van der Waals surface area contributed by atoms with Gasteiger partial charge in [0.25, 0.3) is 0 Å². The van der Waals surface area contributed by atoms with Gasteiger partial charge in [-0.05, 0) is 37.1 Å². The third kappa shape index (κ3) is 2.58. The zero-order valence-corrected chi connectivity index (χ0v) is 10.4. The van der Waals surface area contributed by atoms with Crippen LogP contribution in [-0.4, -0.2) is 9.78 Å². The number of aryl methyl sites for hydroxylation is 3. The zero-order valence-electron chi connectivity index (χ0n) is 10.4. The maximum absolute atomic E-state index is 5.83. The fourth-order valence-electron chi connectivity index (χ4n) is 1.68. The van der Waals surface area contributed by atoms with Gasteiger partial charge in [0.05, 0.1) is 6.20 Å². The van der Waals surface area contributed by atoms with Crippen LogP contribution in [0.15, 0.2) is 24.5 Å². The molecule has 4 nitrogen and oxygen atoms in total. The van der Waals surface area contributed by atoms with E-state index in [0.717, 1.165) is 28.1 Å². The minimum atomic E-state index is 0.526. The van der Waals surface area contributed by atoms with Crippen molar-refractivity contribution < 1.29 is 4.74 Å². The number of benzene rings is 1. The highest BCUT2D eigenvalue weighted by Crippen LogP contribution is 2.24. The van der Waals surface area contributed by atoms with Crippen LogP contribution in [0.4, 0.5) is 5.69 Å². The number of rotatable bonds is 3. The van der Waals surface area contributed by atoms with Gasteiger partial charge in [-0.3, -0.25) is 4.68 Å². The first-order valence-electron chi connectivity index (χ1n) is 5.53. The van der Waals surface area contributed by atoms with Gasteiger partial charge in [0, 0.05) is 24.5 Å².